The molecule has 0 saturated carbocycles. The third-order valence-electron chi connectivity index (χ3n) is 3.22. The van der Waals surface area contributed by atoms with Crippen LogP contribution in [-0.4, -0.2) is 27.1 Å². The zero-order valence-electron chi connectivity index (χ0n) is 11.3. The van der Waals surface area contributed by atoms with Gasteiger partial charge in [-0.05, 0) is 12.8 Å². The SMILES string of the molecule is CCC(CC)(C(=O)NCc1noc(C)n1)C(N)=NO. The summed E-state index contributed by atoms with van der Waals surface area (Å²) < 4.78 is 4.80. The normalized spacial score (nSPS) is 12.5. The molecule has 19 heavy (non-hydrogen) atoms. The van der Waals surface area contributed by atoms with E-state index in [1.165, 1.54) is 0 Å². The number of aryl methyl sites for hydroxylation is 1. The van der Waals surface area contributed by atoms with E-state index in [0.29, 0.717) is 24.6 Å². The Kier molecular flexibility index (Phi) is 4.85. The maximum Gasteiger partial charge on any atom is 0.234 e. The number of nitrogens with two attached hydrogens (primary N) is 1. The van der Waals surface area contributed by atoms with E-state index >= 15 is 0 Å². The number of amides is 1. The van der Waals surface area contributed by atoms with Crippen molar-refractivity contribution in [3.05, 3.63) is 11.7 Å². The van der Waals surface area contributed by atoms with Crippen LogP contribution in [0.2, 0.25) is 0 Å². The Morgan fingerprint density at radius 2 is 2.16 bits per heavy atom. The van der Waals surface area contributed by atoms with Gasteiger partial charge in [0.1, 0.15) is 5.41 Å². The van der Waals surface area contributed by atoms with Crippen molar-refractivity contribution in [2.75, 3.05) is 0 Å². The number of aromatic nitrogens is 2. The molecule has 1 heterocycles. The zero-order chi connectivity index (χ0) is 14.5. The van der Waals surface area contributed by atoms with Gasteiger partial charge in [-0.3, -0.25) is 4.79 Å². The second-order valence-electron chi connectivity index (χ2n) is 4.19. The topological polar surface area (TPSA) is 127 Å². The molecular weight excluding hydrogens is 250 g/mol. The zero-order valence-corrected chi connectivity index (χ0v) is 11.3. The van der Waals surface area contributed by atoms with Crippen molar-refractivity contribution in [3.8, 4) is 0 Å². The Labute approximate surface area is 111 Å². The average Bonchev–Trinajstić information content (AvgIpc) is 2.83. The van der Waals surface area contributed by atoms with Crippen molar-refractivity contribution in [2.45, 2.75) is 40.2 Å². The Hall–Kier alpha value is -2.12. The van der Waals surface area contributed by atoms with Crippen molar-refractivity contribution in [2.24, 2.45) is 16.3 Å². The van der Waals surface area contributed by atoms with E-state index in [9.17, 15) is 4.79 Å². The predicted molar refractivity (Wildman–Crippen MR) is 67.3 cm³/mol. The first-order chi connectivity index (χ1) is 9.00. The third kappa shape index (κ3) is 3.01. The Balaban J connectivity index is 2.78. The maximum absolute atomic E-state index is 12.2. The van der Waals surface area contributed by atoms with Gasteiger partial charge in [0.15, 0.2) is 11.7 Å². The Morgan fingerprint density at radius 3 is 2.58 bits per heavy atom. The minimum absolute atomic E-state index is 0.0979. The van der Waals surface area contributed by atoms with Gasteiger partial charge in [0, 0.05) is 6.92 Å². The highest BCUT2D eigenvalue weighted by Gasteiger charge is 2.39. The summed E-state index contributed by atoms with van der Waals surface area (Å²) in [4.78, 5) is 16.2. The highest BCUT2D eigenvalue weighted by molar-refractivity contribution is 6.06. The summed E-state index contributed by atoms with van der Waals surface area (Å²) in [6.07, 6.45) is 0.854. The van der Waals surface area contributed by atoms with Crippen molar-refractivity contribution in [3.63, 3.8) is 0 Å². The van der Waals surface area contributed by atoms with Gasteiger partial charge in [0.25, 0.3) is 0 Å². The molecule has 1 amide bonds. The van der Waals surface area contributed by atoms with Crippen LogP contribution < -0.4 is 11.1 Å². The van der Waals surface area contributed by atoms with E-state index in [2.05, 4.69) is 20.6 Å². The molecule has 1 rings (SSSR count). The quantitative estimate of drug-likeness (QED) is 0.299. The number of carbonyl (C=O) groups excluding carboxylic acids is 1. The number of hydrogen-bond acceptors (Lipinski definition) is 6. The van der Waals surface area contributed by atoms with Crippen molar-refractivity contribution in [1.82, 2.24) is 15.5 Å². The van der Waals surface area contributed by atoms with Crippen LogP contribution in [0.5, 0.6) is 0 Å². The van der Waals surface area contributed by atoms with Gasteiger partial charge in [-0.1, -0.05) is 24.2 Å². The molecule has 0 aliphatic carbocycles. The molecule has 0 fully saturated rings. The third-order valence-corrected chi connectivity index (χ3v) is 3.22. The second-order valence-corrected chi connectivity index (χ2v) is 4.19. The summed E-state index contributed by atoms with van der Waals surface area (Å²) in [6, 6.07) is 0. The number of hydrogen-bond donors (Lipinski definition) is 3. The second kappa shape index (κ2) is 6.17. The molecule has 0 saturated heterocycles. The van der Waals surface area contributed by atoms with Gasteiger partial charge in [-0.25, -0.2) is 0 Å². The lowest BCUT2D eigenvalue weighted by molar-refractivity contribution is -0.128. The molecule has 106 valence electrons. The predicted octanol–water partition coefficient (Wildman–Crippen LogP) is 0.547. The van der Waals surface area contributed by atoms with Gasteiger partial charge in [-0.2, -0.15) is 4.98 Å². The largest absolute Gasteiger partial charge is 0.409 e. The van der Waals surface area contributed by atoms with Gasteiger partial charge >= 0.3 is 0 Å². The van der Waals surface area contributed by atoms with E-state index in [1.54, 1.807) is 20.8 Å². The molecule has 1 aromatic rings. The molecule has 4 N–H and O–H groups in total. The molecule has 0 radical (unpaired) electrons. The maximum atomic E-state index is 12.2. The van der Waals surface area contributed by atoms with Crippen LogP contribution >= 0.6 is 0 Å². The fourth-order valence-corrected chi connectivity index (χ4v) is 1.89. The highest BCUT2D eigenvalue weighted by Crippen LogP contribution is 2.27. The smallest absolute Gasteiger partial charge is 0.234 e. The van der Waals surface area contributed by atoms with Gasteiger partial charge in [-0.15, -0.1) is 0 Å². The van der Waals surface area contributed by atoms with Crippen LogP contribution in [0, 0.1) is 12.3 Å². The first kappa shape index (κ1) is 14.9. The summed E-state index contributed by atoms with van der Waals surface area (Å²) >= 11 is 0. The van der Waals surface area contributed by atoms with Crippen LogP contribution in [0.1, 0.15) is 38.4 Å². The lowest BCUT2D eigenvalue weighted by Gasteiger charge is -2.28. The summed E-state index contributed by atoms with van der Waals surface area (Å²) in [5.41, 5.74) is 4.62. The van der Waals surface area contributed by atoms with Crippen LogP contribution in [0.4, 0.5) is 0 Å². The van der Waals surface area contributed by atoms with E-state index in [0.717, 1.165) is 0 Å². The van der Waals surface area contributed by atoms with E-state index in [-0.39, 0.29) is 18.3 Å². The fraction of sp³-hybridized carbons (Fsp3) is 0.636. The first-order valence-electron chi connectivity index (χ1n) is 6.05. The average molecular weight is 269 g/mol. The van der Waals surface area contributed by atoms with E-state index in [4.69, 9.17) is 15.5 Å². The highest BCUT2D eigenvalue weighted by atomic mass is 16.5. The first-order valence-corrected chi connectivity index (χ1v) is 6.05. The van der Waals surface area contributed by atoms with Crippen LogP contribution in [0.25, 0.3) is 0 Å². The van der Waals surface area contributed by atoms with E-state index in [1.807, 2.05) is 0 Å². The molecule has 0 bridgehead atoms. The standard InChI is InChI=1S/C11H19N5O3/c1-4-11(5-2,9(12)15-18)10(17)13-6-8-14-7(3)19-16-8/h18H,4-6H2,1-3H3,(H2,12,15)(H,13,17). The number of nitrogens with one attached hydrogen (secondary N) is 1. The molecule has 0 unspecified atom stereocenters. The number of oxime groups is 1. The van der Waals surface area contributed by atoms with Crippen molar-refractivity contribution >= 4 is 11.7 Å². The Morgan fingerprint density at radius 1 is 1.53 bits per heavy atom. The minimum Gasteiger partial charge on any atom is -0.409 e. The summed E-state index contributed by atoms with van der Waals surface area (Å²) in [5, 5.41) is 18.1. The molecule has 0 aliphatic heterocycles. The Bertz CT molecular complexity index is 465. The van der Waals surface area contributed by atoms with Crippen LogP contribution in [0.15, 0.2) is 9.68 Å². The van der Waals surface area contributed by atoms with Gasteiger partial charge in [0.05, 0.1) is 6.54 Å². The fourth-order valence-electron chi connectivity index (χ4n) is 1.89. The minimum atomic E-state index is -1.02. The molecule has 0 spiro atoms. The van der Waals surface area contributed by atoms with Crippen molar-refractivity contribution < 1.29 is 14.5 Å². The lowest BCUT2D eigenvalue weighted by atomic mass is 9.80. The molecule has 1 aromatic heterocycles. The molecule has 0 atom stereocenters. The van der Waals surface area contributed by atoms with E-state index < -0.39 is 5.41 Å². The van der Waals surface area contributed by atoms with Gasteiger partial charge < -0.3 is 20.8 Å². The lowest BCUT2D eigenvalue weighted by Crippen LogP contribution is -2.49. The number of amidine groups is 1. The molecule has 8 heteroatoms. The molecule has 8 nitrogen and oxygen atoms in total. The van der Waals surface area contributed by atoms with Crippen LogP contribution in [0.3, 0.4) is 0 Å². The number of nitrogens with zero attached hydrogens (tertiary/aromatic N) is 3. The molecule has 0 aliphatic rings. The number of carbonyl (C=O) groups is 1. The van der Waals surface area contributed by atoms with Gasteiger partial charge in [0.2, 0.25) is 11.8 Å². The summed E-state index contributed by atoms with van der Waals surface area (Å²) in [5.74, 6) is 0.388. The molecule has 0 aromatic carbocycles. The monoisotopic (exact) mass is 269 g/mol. The van der Waals surface area contributed by atoms with Crippen LogP contribution in [-0.2, 0) is 11.3 Å². The molecular formula is C11H19N5O3. The number of rotatable bonds is 6. The summed E-state index contributed by atoms with van der Waals surface area (Å²) in [7, 11) is 0. The summed E-state index contributed by atoms with van der Waals surface area (Å²) in [6.45, 7) is 5.41. The van der Waals surface area contributed by atoms with Crippen molar-refractivity contribution in [1.29, 1.82) is 0 Å².